The van der Waals surface area contributed by atoms with Crippen molar-refractivity contribution in [2.75, 3.05) is 19.7 Å². The van der Waals surface area contributed by atoms with E-state index in [9.17, 15) is 5.11 Å². The van der Waals surface area contributed by atoms with Crippen LogP contribution in [0.25, 0.3) is 0 Å². The Morgan fingerprint density at radius 3 is 2.57 bits per heavy atom. The zero-order valence-corrected chi connectivity index (χ0v) is 9.10. The molecule has 0 spiro atoms. The molecule has 1 rings (SSSR count). The molecule has 2 heteroatoms. The lowest BCUT2D eigenvalue weighted by molar-refractivity contribution is 0.0825. The Hall–Kier alpha value is -0.520. The number of hydrogen-bond donors (Lipinski definition) is 2. The lowest BCUT2D eigenvalue weighted by Gasteiger charge is -2.35. The molecule has 0 aromatic rings. The van der Waals surface area contributed by atoms with Gasteiger partial charge in [-0.25, -0.2) is 0 Å². The van der Waals surface area contributed by atoms with Crippen molar-refractivity contribution in [2.24, 2.45) is 5.41 Å². The van der Waals surface area contributed by atoms with Crippen molar-refractivity contribution in [3.63, 3.8) is 0 Å². The Kier molecular flexibility index (Phi) is 5.00. The van der Waals surface area contributed by atoms with E-state index >= 15 is 0 Å². The molecule has 1 fully saturated rings. The van der Waals surface area contributed by atoms with Gasteiger partial charge in [-0.3, -0.25) is 0 Å². The minimum absolute atomic E-state index is 0.146. The highest BCUT2D eigenvalue weighted by Gasteiger charge is 2.30. The molecule has 0 saturated heterocycles. The Balaban J connectivity index is 2.31. The lowest BCUT2D eigenvalue weighted by atomic mass is 9.74. The summed E-state index contributed by atoms with van der Waals surface area (Å²) in [4.78, 5) is 0. The van der Waals surface area contributed by atoms with Crippen molar-refractivity contribution in [1.82, 2.24) is 5.32 Å². The average Bonchev–Trinajstić information content (AvgIpc) is 2.26. The van der Waals surface area contributed by atoms with E-state index in [2.05, 4.69) is 17.2 Å². The summed E-state index contributed by atoms with van der Waals surface area (Å²) in [5.41, 5.74) is 0.146. The fourth-order valence-corrected chi connectivity index (χ4v) is 2.17. The molecule has 0 aromatic carbocycles. The van der Waals surface area contributed by atoms with Crippen molar-refractivity contribution in [3.8, 4) is 11.8 Å². The Labute approximate surface area is 87.1 Å². The summed E-state index contributed by atoms with van der Waals surface area (Å²) in [5.74, 6) is 5.85. The van der Waals surface area contributed by atoms with Crippen LogP contribution in [-0.2, 0) is 0 Å². The maximum absolute atomic E-state index is 9.42. The molecule has 0 heterocycles. The predicted octanol–water partition coefficient (Wildman–Crippen LogP) is 1.54. The minimum Gasteiger partial charge on any atom is -0.396 e. The quantitative estimate of drug-likeness (QED) is 0.527. The van der Waals surface area contributed by atoms with Crippen LogP contribution < -0.4 is 5.32 Å². The molecule has 0 unspecified atom stereocenters. The summed E-state index contributed by atoms with van der Waals surface area (Å²) < 4.78 is 0. The Bertz CT molecular complexity index is 208. The summed E-state index contributed by atoms with van der Waals surface area (Å²) in [6.07, 6.45) is 6.19. The first-order valence-electron chi connectivity index (χ1n) is 5.54. The number of nitrogens with one attached hydrogen (secondary N) is 1. The Morgan fingerprint density at radius 2 is 2.00 bits per heavy atom. The molecule has 0 radical (unpaired) electrons. The Morgan fingerprint density at radius 1 is 1.29 bits per heavy atom. The van der Waals surface area contributed by atoms with Crippen LogP contribution >= 0.6 is 0 Å². The molecular formula is C12H21NO. The van der Waals surface area contributed by atoms with Crippen LogP contribution in [0.1, 0.15) is 39.0 Å². The van der Waals surface area contributed by atoms with Crippen molar-refractivity contribution in [2.45, 2.75) is 39.0 Å². The van der Waals surface area contributed by atoms with Crippen LogP contribution in [0.2, 0.25) is 0 Å². The summed E-state index contributed by atoms with van der Waals surface area (Å²) in [6, 6.07) is 0. The second kappa shape index (κ2) is 6.06. The fourth-order valence-electron chi connectivity index (χ4n) is 2.17. The molecule has 1 aliphatic carbocycles. The third-order valence-corrected chi connectivity index (χ3v) is 3.14. The van der Waals surface area contributed by atoms with Gasteiger partial charge in [0.1, 0.15) is 0 Å². The predicted molar refractivity (Wildman–Crippen MR) is 58.9 cm³/mol. The number of rotatable bonds is 4. The molecule has 80 valence electrons. The lowest BCUT2D eigenvalue weighted by Crippen LogP contribution is -2.39. The number of aliphatic hydroxyl groups is 1. The fraction of sp³-hybridized carbons (Fsp3) is 0.833. The highest BCUT2D eigenvalue weighted by Crippen LogP contribution is 2.34. The molecule has 2 nitrogen and oxygen atoms in total. The van der Waals surface area contributed by atoms with Gasteiger partial charge >= 0.3 is 0 Å². The van der Waals surface area contributed by atoms with Crippen LogP contribution in [0.4, 0.5) is 0 Å². The molecule has 14 heavy (non-hydrogen) atoms. The molecule has 0 aliphatic heterocycles. The largest absolute Gasteiger partial charge is 0.396 e. The van der Waals surface area contributed by atoms with E-state index in [0.717, 1.165) is 25.9 Å². The van der Waals surface area contributed by atoms with Gasteiger partial charge in [-0.05, 0) is 19.8 Å². The van der Waals surface area contributed by atoms with Gasteiger partial charge in [-0.15, -0.1) is 5.92 Å². The summed E-state index contributed by atoms with van der Waals surface area (Å²) >= 11 is 0. The van der Waals surface area contributed by atoms with E-state index in [1.165, 1.54) is 19.3 Å². The van der Waals surface area contributed by atoms with Crippen LogP contribution in [0.15, 0.2) is 0 Å². The SMILES string of the molecule is CC#CCNCC1(CO)CCCCC1. The van der Waals surface area contributed by atoms with Crippen molar-refractivity contribution < 1.29 is 5.11 Å². The average molecular weight is 195 g/mol. The first kappa shape index (κ1) is 11.6. The standard InChI is InChI=1S/C12H21NO/c1-2-3-9-13-10-12(11-14)7-5-4-6-8-12/h13-14H,4-11H2,1H3. The second-order valence-electron chi connectivity index (χ2n) is 4.25. The van der Waals surface area contributed by atoms with Gasteiger partial charge in [0.15, 0.2) is 0 Å². The van der Waals surface area contributed by atoms with Gasteiger partial charge in [0, 0.05) is 18.6 Å². The zero-order valence-electron chi connectivity index (χ0n) is 9.10. The highest BCUT2D eigenvalue weighted by atomic mass is 16.3. The number of hydrogen-bond acceptors (Lipinski definition) is 2. The third-order valence-electron chi connectivity index (χ3n) is 3.14. The zero-order chi connectivity index (χ0) is 10.3. The van der Waals surface area contributed by atoms with Gasteiger partial charge in [0.25, 0.3) is 0 Å². The number of aliphatic hydroxyl groups excluding tert-OH is 1. The maximum atomic E-state index is 9.42. The molecule has 0 bridgehead atoms. The van der Waals surface area contributed by atoms with Crippen LogP contribution in [0, 0.1) is 17.3 Å². The molecule has 1 saturated carbocycles. The second-order valence-corrected chi connectivity index (χ2v) is 4.25. The summed E-state index contributed by atoms with van der Waals surface area (Å²) in [6.45, 7) is 3.83. The minimum atomic E-state index is 0.146. The summed E-state index contributed by atoms with van der Waals surface area (Å²) in [7, 11) is 0. The van der Waals surface area contributed by atoms with Crippen LogP contribution in [-0.4, -0.2) is 24.8 Å². The summed E-state index contributed by atoms with van der Waals surface area (Å²) in [5, 5.41) is 12.7. The monoisotopic (exact) mass is 195 g/mol. The van der Waals surface area contributed by atoms with E-state index in [4.69, 9.17) is 0 Å². The normalized spacial score (nSPS) is 19.9. The van der Waals surface area contributed by atoms with Gasteiger partial charge in [-0.1, -0.05) is 25.2 Å². The van der Waals surface area contributed by atoms with Crippen LogP contribution in [0.3, 0.4) is 0 Å². The van der Waals surface area contributed by atoms with Gasteiger partial charge < -0.3 is 10.4 Å². The van der Waals surface area contributed by atoms with Crippen molar-refractivity contribution in [1.29, 1.82) is 0 Å². The van der Waals surface area contributed by atoms with Gasteiger partial charge in [0.05, 0.1) is 6.54 Å². The van der Waals surface area contributed by atoms with Crippen molar-refractivity contribution >= 4 is 0 Å². The highest BCUT2D eigenvalue weighted by molar-refractivity contribution is 4.97. The first-order chi connectivity index (χ1) is 6.83. The molecular weight excluding hydrogens is 174 g/mol. The topological polar surface area (TPSA) is 32.3 Å². The third kappa shape index (κ3) is 3.32. The molecule has 1 aliphatic rings. The van der Waals surface area contributed by atoms with Crippen LogP contribution in [0.5, 0.6) is 0 Å². The van der Waals surface area contributed by atoms with Gasteiger partial charge in [0.2, 0.25) is 0 Å². The van der Waals surface area contributed by atoms with E-state index in [1.807, 2.05) is 6.92 Å². The molecule has 0 aromatic heterocycles. The van der Waals surface area contributed by atoms with Gasteiger partial charge in [-0.2, -0.15) is 0 Å². The van der Waals surface area contributed by atoms with E-state index in [0.29, 0.717) is 6.61 Å². The van der Waals surface area contributed by atoms with E-state index in [1.54, 1.807) is 0 Å². The maximum Gasteiger partial charge on any atom is 0.0576 e. The van der Waals surface area contributed by atoms with E-state index in [-0.39, 0.29) is 5.41 Å². The first-order valence-corrected chi connectivity index (χ1v) is 5.54. The van der Waals surface area contributed by atoms with Crippen molar-refractivity contribution in [3.05, 3.63) is 0 Å². The molecule has 0 amide bonds. The smallest absolute Gasteiger partial charge is 0.0576 e. The molecule has 0 atom stereocenters. The van der Waals surface area contributed by atoms with E-state index < -0.39 is 0 Å². The molecule has 2 N–H and O–H groups in total.